The number of aromatic nitrogens is 2. The molecule has 3 rings (SSSR count). The highest BCUT2D eigenvalue weighted by Gasteiger charge is 2.21. The lowest BCUT2D eigenvalue weighted by Crippen LogP contribution is -2.47. The maximum Gasteiger partial charge on any atom is 0.319 e. The van der Waals surface area contributed by atoms with Gasteiger partial charge in [0.25, 0.3) is 0 Å². The van der Waals surface area contributed by atoms with Gasteiger partial charge in [-0.3, -0.25) is 10.00 Å². The topological polar surface area (TPSA) is 82.3 Å². The van der Waals surface area contributed by atoms with E-state index < -0.39 is 0 Å². The Hall–Kier alpha value is -2.38. The number of morpholine rings is 1. The van der Waals surface area contributed by atoms with E-state index in [1.165, 1.54) is 5.56 Å². The number of anilines is 1. The number of ether oxygens (including phenoxy) is 1. The number of hydrogen-bond donors (Lipinski definition) is 3. The van der Waals surface area contributed by atoms with Crippen molar-refractivity contribution in [2.75, 3.05) is 31.6 Å². The number of urea groups is 1. The number of carbonyl (C=O) groups excluding carboxylic acids is 1. The van der Waals surface area contributed by atoms with Crippen LogP contribution < -0.4 is 10.6 Å². The van der Waals surface area contributed by atoms with Gasteiger partial charge in [0.05, 0.1) is 29.8 Å². The van der Waals surface area contributed by atoms with Gasteiger partial charge < -0.3 is 15.4 Å². The number of H-pyrrole nitrogens is 1. The van der Waals surface area contributed by atoms with Gasteiger partial charge in [-0.2, -0.15) is 5.10 Å². The molecule has 2 amide bonds. The van der Waals surface area contributed by atoms with Gasteiger partial charge >= 0.3 is 6.03 Å². The van der Waals surface area contributed by atoms with Crippen molar-refractivity contribution in [3.63, 3.8) is 0 Å². The highest BCUT2D eigenvalue weighted by molar-refractivity contribution is 5.90. The summed E-state index contributed by atoms with van der Waals surface area (Å²) in [6, 6.07) is 10.2. The van der Waals surface area contributed by atoms with Crippen molar-refractivity contribution >= 4 is 11.7 Å². The van der Waals surface area contributed by atoms with Crippen LogP contribution in [0, 0.1) is 13.8 Å². The molecule has 1 aliphatic heterocycles. The second-order valence-electron chi connectivity index (χ2n) is 6.36. The van der Waals surface area contributed by atoms with Crippen LogP contribution in [0.25, 0.3) is 0 Å². The van der Waals surface area contributed by atoms with Gasteiger partial charge in [0.15, 0.2) is 0 Å². The number of carbonyl (C=O) groups is 1. The summed E-state index contributed by atoms with van der Waals surface area (Å²) in [5, 5.41) is 12.6. The zero-order chi connectivity index (χ0) is 17.6. The zero-order valence-corrected chi connectivity index (χ0v) is 14.7. The summed E-state index contributed by atoms with van der Waals surface area (Å²) in [5.74, 6) is 0. The molecule has 0 bridgehead atoms. The van der Waals surface area contributed by atoms with Crippen LogP contribution in [0.2, 0.25) is 0 Å². The largest absolute Gasteiger partial charge is 0.374 e. The second-order valence-corrected chi connectivity index (χ2v) is 6.36. The van der Waals surface area contributed by atoms with Crippen molar-refractivity contribution in [3.05, 3.63) is 47.3 Å². The van der Waals surface area contributed by atoms with Crippen LogP contribution in [0.5, 0.6) is 0 Å². The minimum absolute atomic E-state index is 0.00486. The molecule has 2 aromatic rings. The summed E-state index contributed by atoms with van der Waals surface area (Å²) >= 11 is 0. The summed E-state index contributed by atoms with van der Waals surface area (Å²) < 4.78 is 5.78. The molecule has 134 valence electrons. The minimum Gasteiger partial charge on any atom is -0.374 e. The van der Waals surface area contributed by atoms with Crippen LogP contribution in [-0.4, -0.2) is 53.5 Å². The lowest BCUT2D eigenvalue weighted by Gasteiger charge is -2.33. The van der Waals surface area contributed by atoms with E-state index in [4.69, 9.17) is 4.74 Å². The van der Waals surface area contributed by atoms with E-state index in [1.54, 1.807) is 0 Å². The second kappa shape index (κ2) is 8.13. The zero-order valence-electron chi connectivity index (χ0n) is 14.7. The number of rotatable bonds is 5. The molecule has 3 N–H and O–H groups in total. The van der Waals surface area contributed by atoms with E-state index >= 15 is 0 Å². The van der Waals surface area contributed by atoms with Gasteiger partial charge in [-0.05, 0) is 19.4 Å². The van der Waals surface area contributed by atoms with Crippen LogP contribution >= 0.6 is 0 Å². The Bertz CT molecular complexity index is 681. The maximum absolute atomic E-state index is 12.1. The van der Waals surface area contributed by atoms with Gasteiger partial charge in [-0.15, -0.1) is 0 Å². The molecule has 0 spiro atoms. The number of amides is 2. The molecule has 1 aliphatic rings. The number of aryl methyl sites for hydroxylation is 2. The van der Waals surface area contributed by atoms with E-state index in [0.717, 1.165) is 36.7 Å². The number of aromatic amines is 1. The third kappa shape index (κ3) is 4.80. The summed E-state index contributed by atoms with van der Waals surface area (Å²) in [4.78, 5) is 14.5. The van der Waals surface area contributed by atoms with E-state index in [-0.39, 0.29) is 12.1 Å². The number of nitrogens with one attached hydrogen (secondary N) is 3. The predicted molar refractivity (Wildman–Crippen MR) is 96.5 cm³/mol. The van der Waals surface area contributed by atoms with E-state index in [0.29, 0.717) is 13.2 Å². The summed E-state index contributed by atoms with van der Waals surface area (Å²) in [6.07, 6.45) is -0.00486. The molecule has 0 radical (unpaired) electrons. The van der Waals surface area contributed by atoms with Crippen LogP contribution in [0.15, 0.2) is 30.3 Å². The molecule has 1 fully saturated rings. The predicted octanol–water partition coefficient (Wildman–Crippen LogP) is 2.05. The molecule has 2 heterocycles. The van der Waals surface area contributed by atoms with Crippen LogP contribution in [0.1, 0.15) is 17.0 Å². The monoisotopic (exact) mass is 343 g/mol. The van der Waals surface area contributed by atoms with E-state index in [1.807, 2.05) is 19.9 Å². The van der Waals surface area contributed by atoms with Gasteiger partial charge in [0.1, 0.15) is 0 Å². The van der Waals surface area contributed by atoms with Crippen LogP contribution in [0.4, 0.5) is 10.5 Å². The van der Waals surface area contributed by atoms with Gasteiger partial charge in [0.2, 0.25) is 0 Å². The molecule has 7 nitrogen and oxygen atoms in total. The van der Waals surface area contributed by atoms with Crippen molar-refractivity contribution in [2.45, 2.75) is 26.5 Å². The van der Waals surface area contributed by atoms with Gasteiger partial charge in [-0.1, -0.05) is 30.3 Å². The van der Waals surface area contributed by atoms with Crippen molar-refractivity contribution in [1.29, 1.82) is 0 Å². The third-order valence-electron chi connectivity index (χ3n) is 4.33. The molecule has 25 heavy (non-hydrogen) atoms. The highest BCUT2D eigenvalue weighted by Crippen LogP contribution is 2.15. The lowest BCUT2D eigenvalue weighted by atomic mass is 10.2. The van der Waals surface area contributed by atoms with Gasteiger partial charge in [-0.25, -0.2) is 4.79 Å². The fraction of sp³-hybridized carbons (Fsp3) is 0.444. The first-order valence-corrected chi connectivity index (χ1v) is 8.56. The maximum atomic E-state index is 12.1. The van der Waals surface area contributed by atoms with E-state index in [2.05, 4.69) is 50.0 Å². The molecular formula is C18H25N5O2. The molecule has 0 saturated carbocycles. The van der Waals surface area contributed by atoms with E-state index in [9.17, 15) is 4.79 Å². The average molecular weight is 343 g/mol. The fourth-order valence-corrected chi connectivity index (χ4v) is 2.99. The first kappa shape index (κ1) is 17.4. The quantitative estimate of drug-likeness (QED) is 0.776. The number of hydrogen-bond acceptors (Lipinski definition) is 4. The Labute approximate surface area is 147 Å². The standard InChI is InChI=1S/C18H25N5O2/c1-13-17(14(2)22-21-13)20-18(24)19-10-16-12-23(8-9-25-16)11-15-6-4-3-5-7-15/h3-7,16H,8-12H2,1-2H3,(H,21,22)(H2,19,20,24)/t16-/m1/s1. The molecule has 1 atom stereocenters. The molecule has 1 saturated heterocycles. The van der Waals surface area contributed by atoms with Crippen LogP contribution in [-0.2, 0) is 11.3 Å². The third-order valence-corrected chi connectivity index (χ3v) is 4.33. The molecule has 7 heteroatoms. The van der Waals surface area contributed by atoms with Crippen molar-refractivity contribution < 1.29 is 9.53 Å². The normalized spacial score (nSPS) is 18.1. The average Bonchev–Trinajstić information content (AvgIpc) is 2.93. The summed E-state index contributed by atoms with van der Waals surface area (Å²) in [5.41, 5.74) is 3.64. The molecular weight excluding hydrogens is 318 g/mol. The highest BCUT2D eigenvalue weighted by atomic mass is 16.5. The smallest absolute Gasteiger partial charge is 0.319 e. The lowest BCUT2D eigenvalue weighted by molar-refractivity contribution is -0.0285. The molecule has 0 aliphatic carbocycles. The Morgan fingerprint density at radius 1 is 1.36 bits per heavy atom. The number of nitrogens with zero attached hydrogens (tertiary/aromatic N) is 2. The first-order valence-electron chi connectivity index (χ1n) is 8.56. The Morgan fingerprint density at radius 2 is 2.16 bits per heavy atom. The molecule has 0 unspecified atom stereocenters. The Balaban J connectivity index is 1.45. The van der Waals surface area contributed by atoms with Crippen LogP contribution in [0.3, 0.4) is 0 Å². The Morgan fingerprint density at radius 3 is 2.88 bits per heavy atom. The SMILES string of the molecule is Cc1n[nH]c(C)c1NC(=O)NC[C@@H]1CN(Cc2ccccc2)CCO1. The summed E-state index contributed by atoms with van der Waals surface area (Å²) in [7, 11) is 0. The first-order chi connectivity index (χ1) is 12.1. The van der Waals surface area contributed by atoms with Crippen molar-refractivity contribution in [2.24, 2.45) is 0 Å². The molecule has 1 aromatic heterocycles. The molecule has 1 aromatic carbocycles. The van der Waals surface area contributed by atoms with Gasteiger partial charge in [0, 0.05) is 26.2 Å². The summed E-state index contributed by atoms with van der Waals surface area (Å²) in [6.45, 7) is 7.50. The Kier molecular flexibility index (Phi) is 5.67. The number of benzene rings is 1. The van der Waals surface area contributed by atoms with Crippen molar-refractivity contribution in [3.8, 4) is 0 Å². The minimum atomic E-state index is -0.239. The fourth-order valence-electron chi connectivity index (χ4n) is 2.99. The van der Waals surface area contributed by atoms with Crippen molar-refractivity contribution in [1.82, 2.24) is 20.4 Å².